The van der Waals surface area contributed by atoms with Gasteiger partial charge in [0.1, 0.15) is 0 Å². The predicted octanol–water partition coefficient (Wildman–Crippen LogP) is 5.39. The monoisotopic (exact) mass is 462 g/mol. The maximum absolute atomic E-state index is 13.8. The Labute approximate surface area is 194 Å². The highest BCUT2D eigenvalue weighted by Crippen LogP contribution is 2.49. The van der Waals surface area contributed by atoms with Gasteiger partial charge in [-0.15, -0.1) is 0 Å². The summed E-state index contributed by atoms with van der Waals surface area (Å²) in [5, 5.41) is 11.1. The normalized spacial score (nSPS) is 22.9. The van der Waals surface area contributed by atoms with Gasteiger partial charge in [-0.1, -0.05) is 54.1 Å². The number of rotatable bonds is 4. The molecular formula is C26H26N2O4S. The van der Waals surface area contributed by atoms with E-state index in [1.165, 1.54) is 23.3 Å². The van der Waals surface area contributed by atoms with Gasteiger partial charge in [0, 0.05) is 18.7 Å². The van der Waals surface area contributed by atoms with E-state index in [2.05, 4.69) is 24.3 Å². The van der Waals surface area contributed by atoms with Crippen molar-refractivity contribution in [3.8, 4) is 0 Å². The van der Waals surface area contributed by atoms with E-state index in [4.69, 9.17) is 0 Å². The van der Waals surface area contributed by atoms with Crippen LogP contribution in [0.4, 0.5) is 5.69 Å². The van der Waals surface area contributed by atoms with Crippen molar-refractivity contribution in [2.24, 2.45) is 5.92 Å². The molecule has 0 radical (unpaired) electrons. The summed E-state index contributed by atoms with van der Waals surface area (Å²) in [7, 11) is -3.73. The zero-order valence-corrected chi connectivity index (χ0v) is 19.2. The van der Waals surface area contributed by atoms with Crippen LogP contribution in [-0.2, 0) is 16.4 Å². The first-order valence-electron chi connectivity index (χ1n) is 11.3. The van der Waals surface area contributed by atoms with E-state index in [-0.39, 0.29) is 28.5 Å². The van der Waals surface area contributed by atoms with Gasteiger partial charge in [0.05, 0.1) is 15.9 Å². The molecule has 0 unspecified atom stereocenters. The van der Waals surface area contributed by atoms with Gasteiger partial charge in [0.2, 0.25) is 10.0 Å². The maximum Gasteiger partial charge on any atom is 0.269 e. The first kappa shape index (κ1) is 21.8. The van der Waals surface area contributed by atoms with Crippen LogP contribution in [0.2, 0.25) is 0 Å². The van der Waals surface area contributed by atoms with Crippen LogP contribution in [0.25, 0.3) is 0 Å². The predicted molar refractivity (Wildman–Crippen MR) is 127 cm³/mol. The molecule has 1 saturated heterocycles. The van der Waals surface area contributed by atoms with Crippen molar-refractivity contribution in [1.29, 1.82) is 0 Å². The zero-order chi connectivity index (χ0) is 23.2. The molecule has 0 saturated carbocycles. The summed E-state index contributed by atoms with van der Waals surface area (Å²) in [6.45, 7) is 2.37. The third-order valence-electron chi connectivity index (χ3n) is 7.16. The fourth-order valence-electron chi connectivity index (χ4n) is 5.41. The molecule has 3 aromatic rings. The standard InChI is InChI=1S/C26H26N2O4S/c1-18-6-14-23(15-7-18)33(31,32)27-17-21-9-8-19-4-2-3-5-24(19)25(21)16-26(27)20-10-12-22(13-11-20)28(29)30/h2-7,10-15,21,25-26H,8-9,16-17H2,1H3/t21-,25-,26-/m0/s1. The quantitative estimate of drug-likeness (QED) is 0.385. The van der Waals surface area contributed by atoms with Gasteiger partial charge in [-0.25, -0.2) is 8.42 Å². The second kappa shape index (κ2) is 8.39. The number of nitro benzene ring substituents is 1. The van der Waals surface area contributed by atoms with Crippen LogP contribution in [0.5, 0.6) is 0 Å². The van der Waals surface area contributed by atoms with Crippen LogP contribution in [0.1, 0.15) is 47.1 Å². The van der Waals surface area contributed by atoms with Gasteiger partial charge in [0.25, 0.3) is 5.69 Å². The summed E-state index contributed by atoms with van der Waals surface area (Å²) in [6.07, 6.45) is 2.57. The summed E-state index contributed by atoms with van der Waals surface area (Å²) in [4.78, 5) is 11.0. The SMILES string of the molecule is Cc1ccc(S(=O)(=O)N2C[C@@H]3CCc4ccccc4[C@H]3C[C@H]2c2ccc([N+](=O)[O-])cc2)cc1. The average Bonchev–Trinajstić information content (AvgIpc) is 2.83. The zero-order valence-electron chi connectivity index (χ0n) is 18.4. The van der Waals surface area contributed by atoms with E-state index in [1.807, 2.05) is 19.1 Å². The van der Waals surface area contributed by atoms with E-state index in [0.29, 0.717) is 13.0 Å². The highest BCUT2D eigenvalue weighted by atomic mass is 32.2. The third-order valence-corrected chi connectivity index (χ3v) is 9.05. The van der Waals surface area contributed by atoms with Crippen LogP contribution in [0.3, 0.4) is 0 Å². The summed E-state index contributed by atoms with van der Waals surface area (Å²) in [5.74, 6) is 0.508. The van der Waals surface area contributed by atoms with Crippen LogP contribution in [0, 0.1) is 23.0 Å². The molecule has 6 nitrogen and oxygen atoms in total. The lowest BCUT2D eigenvalue weighted by Crippen LogP contribution is -2.46. The van der Waals surface area contributed by atoms with E-state index in [9.17, 15) is 18.5 Å². The molecule has 0 N–H and O–H groups in total. The summed E-state index contributed by atoms with van der Waals surface area (Å²) < 4.78 is 29.2. The van der Waals surface area contributed by atoms with Crippen molar-refractivity contribution in [3.63, 3.8) is 0 Å². The average molecular weight is 463 g/mol. The Bertz CT molecular complexity index is 1290. The molecule has 0 spiro atoms. The van der Waals surface area contributed by atoms with Gasteiger partial charge in [-0.3, -0.25) is 10.1 Å². The Morgan fingerprint density at radius 1 is 0.970 bits per heavy atom. The van der Waals surface area contributed by atoms with Crippen molar-refractivity contribution in [2.45, 2.75) is 43.0 Å². The lowest BCUT2D eigenvalue weighted by molar-refractivity contribution is -0.384. The van der Waals surface area contributed by atoms with E-state index >= 15 is 0 Å². The molecule has 0 aromatic heterocycles. The van der Waals surface area contributed by atoms with Gasteiger partial charge in [-0.05, 0) is 66.8 Å². The number of hydrogen-bond donors (Lipinski definition) is 0. The van der Waals surface area contributed by atoms with Gasteiger partial charge >= 0.3 is 0 Å². The van der Waals surface area contributed by atoms with Crippen molar-refractivity contribution in [1.82, 2.24) is 4.31 Å². The van der Waals surface area contributed by atoms with E-state index in [1.54, 1.807) is 28.6 Å². The molecule has 7 heteroatoms. The fourth-order valence-corrected chi connectivity index (χ4v) is 7.09. The minimum absolute atomic E-state index is 0.00314. The highest BCUT2D eigenvalue weighted by molar-refractivity contribution is 7.89. The molecule has 5 rings (SSSR count). The lowest BCUT2D eigenvalue weighted by atomic mass is 9.69. The third kappa shape index (κ3) is 3.96. The van der Waals surface area contributed by atoms with Crippen molar-refractivity contribution < 1.29 is 13.3 Å². The number of sulfonamides is 1. The molecule has 1 aliphatic heterocycles. The Balaban J connectivity index is 1.58. The highest BCUT2D eigenvalue weighted by Gasteiger charge is 2.44. The largest absolute Gasteiger partial charge is 0.269 e. The number of fused-ring (bicyclic) bond motifs is 3. The van der Waals surface area contributed by atoms with E-state index < -0.39 is 14.9 Å². The van der Waals surface area contributed by atoms with Crippen LogP contribution in [0.15, 0.2) is 77.7 Å². The molecule has 2 aliphatic rings. The molecule has 170 valence electrons. The molecule has 3 aromatic carbocycles. The minimum atomic E-state index is -3.73. The topological polar surface area (TPSA) is 80.5 Å². The number of nitrogens with zero attached hydrogens (tertiary/aromatic N) is 2. The second-order valence-corrected chi connectivity index (χ2v) is 11.0. The molecule has 0 bridgehead atoms. The molecule has 1 heterocycles. The maximum atomic E-state index is 13.8. The van der Waals surface area contributed by atoms with Crippen LogP contribution in [-0.4, -0.2) is 24.2 Å². The minimum Gasteiger partial charge on any atom is -0.258 e. The molecule has 33 heavy (non-hydrogen) atoms. The number of non-ortho nitro benzene ring substituents is 1. The lowest BCUT2D eigenvalue weighted by Gasteiger charge is -2.46. The van der Waals surface area contributed by atoms with Gasteiger partial charge < -0.3 is 0 Å². The van der Waals surface area contributed by atoms with Gasteiger partial charge in [-0.2, -0.15) is 4.31 Å². The number of nitro groups is 1. The molecule has 1 fully saturated rings. The Morgan fingerprint density at radius 2 is 1.67 bits per heavy atom. The van der Waals surface area contributed by atoms with Crippen LogP contribution < -0.4 is 0 Å². The van der Waals surface area contributed by atoms with E-state index in [0.717, 1.165) is 24.0 Å². The molecular weight excluding hydrogens is 436 g/mol. The molecule has 3 atom stereocenters. The summed E-state index contributed by atoms with van der Waals surface area (Å²) >= 11 is 0. The van der Waals surface area contributed by atoms with Crippen LogP contribution >= 0.6 is 0 Å². The first-order chi connectivity index (χ1) is 15.8. The number of piperidine rings is 1. The number of aryl methyl sites for hydroxylation is 2. The van der Waals surface area contributed by atoms with Crippen molar-refractivity contribution in [2.75, 3.05) is 6.54 Å². The fraction of sp³-hybridized carbons (Fsp3) is 0.308. The number of hydrogen-bond acceptors (Lipinski definition) is 4. The Morgan fingerprint density at radius 3 is 2.36 bits per heavy atom. The Kier molecular flexibility index (Phi) is 5.54. The molecule has 0 amide bonds. The smallest absolute Gasteiger partial charge is 0.258 e. The summed E-state index contributed by atoms with van der Waals surface area (Å²) in [5.41, 5.74) is 4.45. The van der Waals surface area contributed by atoms with Crippen molar-refractivity contribution in [3.05, 3.63) is 105 Å². The second-order valence-electron chi connectivity index (χ2n) is 9.09. The summed E-state index contributed by atoms with van der Waals surface area (Å²) in [6, 6.07) is 21.4. The molecule has 1 aliphatic carbocycles. The van der Waals surface area contributed by atoms with Crippen molar-refractivity contribution >= 4 is 15.7 Å². The number of benzene rings is 3. The Hall–Kier alpha value is -3.03. The van der Waals surface area contributed by atoms with Gasteiger partial charge in [0.15, 0.2) is 0 Å². The first-order valence-corrected chi connectivity index (χ1v) is 12.7.